The van der Waals surface area contributed by atoms with E-state index in [1.807, 2.05) is 30.3 Å². The fourth-order valence-corrected chi connectivity index (χ4v) is 1.88. The molecule has 2 nitrogen and oxygen atoms in total. The molecular weight excluding hydrogens is 210 g/mol. The van der Waals surface area contributed by atoms with Crippen molar-refractivity contribution in [2.75, 3.05) is 6.54 Å². The second kappa shape index (κ2) is 5.38. The van der Waals surface area contributed by atoms with Crippen LogP contribution in [-0.2, 0) is 6.54 Å². The van der Waals surface area contributed by atoms with Crippen molar-refractivity contribution in [1.29, 1.82) is 0 Å². The smallest absolute Gasteiger partial charge is 0.120 e. The summed E-state index contributed by atoms with van der Waals surface area (Å²) < 4.78 is 0. The minimum atomic E-state index is 0.330. The van der Waals surface area contributed by atoms with Crippen LogP contribution in [0.25, 0.3) is 10.8 Å². The summed E-state index contributed by atoms with van der Waals surface area (Å²) in [7, 11) is 0. The van der Waals surface area contributed by atoms with Crippen LogP contribution in [-0.4, -0.2) is 11.7 Å². The molecule has 0 bridgehead atoms. The molecule has 0 saturated heterocycles. The number of benzene rings is 2. The number of aromatic hydroxyl groups is 1. The first kappa shape index (κ1) is 11.5. The molecule has 0 aromatic heterocycles. The van der Waals surface area contributed by atoms with Crippen molar-refractivity contribution < 1.29 is 5.11 Å². The van der Waals surface area contributed by atoms with E-state index >= 15 is 0 Å². The number of fused-ring (bicyclic) bond motifs is 1. The average molecular weight is 225 g/mol. The van der Waals surface area contributed by atoms with Crippen LogP contribution in [0.2, 0.25) is 0 Å². The SMILES string of the molecule is C#CCCNCc1c(O)ccc2ccccc12. The van der Waals surface area contributed by atoms with Gasteiger partial charge in [-0.3, -0.25) is 0 Å². The molecule has 2 aromatic rings. The minimum absolute atomic E-state index is 0.330. The summed E-state index contributed by atoms with van der Waals surface area (Å²) in [6.45, 7) is 1.40. The molecule has 0 unspecified atom stereocenters. The molecule has 0 aliphatic carbocycles. The van der Waals surface area contributed by atoms with Crippen LogP contribution >= 0.6 is 0 Å². The van der Waals surface area contributed by atoms with Gasteiger partial charge >= 0.3 is 0 Å². The summed E-state index contributed by atoms with van der Waals surface area (Å²) in [5.74, 6) is 2.91. The van der Waals surface area contributed by atoms with E-state index in [0.29, 0.717) is 18.7 Å². The van der Waals surface area contributed by atoms with Gasteiger partial charge in [0.2, 0.25) is 0 Å². The first-order valence-corrected chi connectivity index (χ1v) is 5.66. The van der Waals surface area contributed by atoms with Crippen LogP contribution in [0.15, 0.2) is 36.4 Å². The number of phenols is 1. The number of nitrogens with one attached hydrogen (secondary N) is 1. The van der Waals surface area contributed by atoms with Gasteiger partial charge in [-0.2, -0.15) is 0 Å². The van der Waals surface area contributed by atoms with Gasteiger partial charge in [-0.25, -0.2) is 0 Å². The molecule has 0 fully saturated rings. The Labute approximate surface area is 101 Å². The molecule has 0 spiro atoms. The molecule has 2 rings (SSSR count). The lowest BCUT2D eigenvalue weighted by Gasteiger charge is -2.09. The van der Waals surface area contributed by atoms with Crippen LogP contribution in [0, 0.1) is 12.3 Å². The van der Waals surface area contributed by atoms with E-state index in [1.165, 1.54) is 0 Å². The van der Waals surface area contributed by atoms with Gasteiger partial charge in [0.05, 0.1) is 0 Å². The Morgan fingerprint density at radius 1 is 1.18 bits per heavy atom. The van der Waals surface area contributed by atoms with Crippen molar-refractivity contribution in [3.63, 3.8) is 0 Å². The number of hydrogen-bond acceptors (Lipinski definition) is 2. The maximum Gasteiger partial charge on any atom is 0.120 e. The van der Waals surface area contributed by atoms with Gasteiger partial charge < -0.3 is 10.4 Å². The number of terminal acetylenes is 1. The lowest BCUT2D eigenvalue weighted by Crippen LogP contribution is -2.14. The van der Waals surface area contributed by atoms with E-state index in [-0.39, 0.29) is 0 Å². The molecule has 86 valence electrons. The molecule has 0 aliphatic heterocycles. The predicted octanol–water partition coefficient (Wildman–Crippen LogP) is 2.66. The molecule has 0 aliphatic rings. The van der Waals surface area contributed by atoms with Crippen molar-refractivity contribution in [3.8, 4) is 18.1 Å². The number of phenolic OH excluding ortho intramolecular Hbond substituents is 1. The zero-order valence-electron chi connectivity index (χ0n) is 9.61. The molecule has 0 atom stereocenters. The lowest BCUT2D eigenvalue weighted by atomic mass is 10.0. The highest BCUT2D eigenvalue weighted by atomic mass is 16.3. The second-order valence-corrected chi connectivity index (χ2v) is 3.92. The average Bonchev–Trinajstić information content (AvgIpc) is 2.37. The summed E-state index contributed by atoms with van der Waals surface area (Å²) in [5.41, 5.74) is 0.931. The standard InChI is InChI=1S/C15H15NO/c1-2-3-10-16-11-14-13-7-5-4-6-12(13)8-9-15(14)17/h1,4-9,16-17H,3,10-11H2. The minimum Gasteiger partial charge on any atom is -0.508 e. The van der Waals surface area contributed by atoms with Crippen LogP contribution in [0.5, 0.6) is 5.75 Å². The van der Waals surface area contributed by atoms with E-state index in [9.17, 15) is 5.11 Å². The predicted molar refractivity (Wildman–Crippen MR) is 70.8 cm³/mol. The van der Waals surface area contributed by atoms with Gasteiger partial charge in [0, 0.05) is 25.1 Å². The normalized spacial score (nSPS) is 10.3. The van der Waals surface area contributed by atoms with Crippen molar-refractivity contribution >= 4 is 10.8 Å². The fraction of sp³-hybridized carbons (Fsp3) is 0.200. The van der Waals surface area contributed by atoms with Crippen molar-refractivity contribution in [2.45, 2.75) is 13.0 Å². The number of hydrogen-bond donors (Lipinski definition) is 2. The van der Waals surface area contributed by atoms with Gasteiger partial charge in [0.1, 0.15) is 5.75 Å². The zero-order valence-corrected chi connectivity index (χ0v) is 9.61. The molecular formula is C15H15NO. The lowest BCUT2D eigenvalue weighted by molar-refractivity contribution is 0.466. The molecule has 0 amide bonds. The van der Waals surface area contributed by atoms with Gasteiger partial charge in [-0.15, -0.1) is 12.3 Å². The Bertz CT molecular complexity index is 554. The first-order valence-electron chi connectivity index (χ1n) is 5.66. The maximum absolute atomic E-state index is 9.88. The van der Waals surface area contributed by atoms with Crippen LogP contribution in [0.3, 0.4) is 0 Å². The summed E-state index contributed by atoms with van der Waals surface area (Å²) in [6, 6.07) is 11.7. The van der Waals surface area contributed by atoms with Crippen molar-refractivity contribution in [3.05, 3.63) is 42.0 Å². The van der Waals surface area contributed by atoms with E-state index in [4.69, 9.17) is 6.42 Å². The van der Waals surface area contributed by atoms with E-state index in [2.05, 4.69) is 11.2 Å². The van der Waals surface area contributed by atoms with Crippen LogP contribution in [0.4, 0.5) is 0 Å². The number of rotatable bonds is 4. The second-order valence-electron chi connectivity index (χ2n) is 3.92. The quantitative estimate of drug-likeness (QED) is 0.619. The topological polar surface area (TPSA) is 32.3 Å². The molecule has 2 aromatic carbocycles. The van der Waals surface area contributed by atoms with Gasteiger partial charge in [0.25, 0.3) is 0 Å². The third kappa shape index (κ3) is 2.58. The van der Waals surface area contributed by atoms with Crippen molar-refractivity contribution in [2.24, 2.45) is 0 Å². The molecule has 0 saturated carbocycles. The van der Waals surface area contributed by atoms with Crippen LogP contribution in [0.1, 0.15) is 12.0 Å². The largest absolute Gasteiger partial charge is 0.508 e. The first-order chi connectivity index (χ1) is 8.33. The monoisotopic (exact) mass is 225 g/mol. The Kier molecular flexibility index (Phi) is 3.64. The third-order valence-electron chi connectivity index (χ3n) is 2.76. The third-order valence-corrected chi connectivity index (χ3v) is 2.76. The highest BCUT2D eigenvalue weighted by Gasteiger charge is 2.05. The Morgan fingerprint density at radius 3 is 2.82 bits per heavy atom. The highest BCUT2D eigenvalue weighted by molar-refractivity contribution is 5.87. The summed E-state index contributed by atoms with van der Waals surface area (Å²) in [6.07, 6.45) is 5.89. The van der Waals surface area contributed by atoms with E-state index < -0.39 is 0 Å². The molecule has 0 heterocycles. The Balaban J connectivity index is 2.26. The van der Waals surface area contributed by atoms with Crippen LogP contribution < -0.4 is 5.32 Å². The molecule has 2 heteroatoms. The van der Waals surface area contributed by atoms with E-state index in [0.717, 1.165) is 22.9 Å². The van der Waals surface area contributed by atoms with Gasteiger partial charge in [0.15, 0.2) is 0 Å². The highest BCUT2D eigenvalue weighted by Crippen LogP contribution is 2.26. The molecule has 2 N–H and O–H groups in total. The van der Waals surface area contributed by atoms with Gasteiger partial charge in [-0.05, 0) is 16.8 Å². The van der Waals surface area contributed by atoms with E-state index in [1.54, 1.807) is 6.07 Å². The Morgan fingerprint density at radius 2 is 2.00 bits per heavy atom. The van der Waals surface area contributed by atoms with Crippen molar-refractivity contribution in [1.82, 2.24) is 5.32 Å². The van der Waals surface area contributed by atoms with Gasteiger partial charge in [-0.1, -0.05) is 30.3 Å². The Hall–Kier alpha value is -1.98. The summed E-state index contributed by atoms with van der Waals surface area (Å²) >= 11 is 0. The fourth-order valence-electron chi connectivity index (χ4n) is 1.88. The zero-order chi connectivity index (χ0) is 12.1. The maximum atomic E-state index is 9.88. The summed E-state index contributed by atoms with van der Waals surface area (Å²) in [5, 5.41) is 15.3. The molecule has 0 radical (unpaired) electrons. The summed E-state index contributed by atoms with van der Waals surface area (Å²) in [4.78, 5) is 0. The molecule has 17 heavy (non-hydrogen) atoms.